The first kappa shape index (κ1) is 14.9. The van der Waals surface area contributed by atoms with E-state index in [9.17, 15) is 20.1 Å². The van der Waals surface area contributed by atoms with Crippen LogP contribution in [0.3, 0.4) is 0 Å². The number of nitrogens with one attached hydrogen (secondary N) is 1. The Balaban J connectivity index is 2.19. The van der Waals surface area contributed by atoms with Crippen molar-refractivity contribution >= 4 is 17.1 Å². The largest absolute Gasteiger partial charge is 0.394 e. The Morgan fingerprint density at radius 2 is 2.23 bits per heavy atom. The number of hydrogen-bond donors (Lipinski definition) is 5. The molecule has 4 atom stereocenters. The van der Waals surface area contributed by atoms with Gasteiger partial charge in [-0.3, -0.25) is 14.4 Å². The first-order chi connectivity index (χ1) is 10.5. The van der Waals surface area contributed by atoms with Crippen LogP contribution in [0.25, 0.3) is 11.2 Å². The Bertz CT molecular complexity index is 742. The van der Waals surface area contributed by atoms with Crippen molar-refractivity contribution in [2.45, 2.75) is 24.5 Å². The third-order valence-corrected chi connectivity index (χ3v) is 3.55. The van der Waals surface area contributed by atoms with Crippen LogP contribution in [0.2, 0.25) is 0 Å². The van der Waals surface area contributed by atoms with Gasteiger partial charge in [-0.15, -0.1) is 0 Å². The molecular formula is C11H16N6O5. The first-order valence-corrected chi connectivity index (χ1v) is 6.52. The second-order valence-corrected chi connectivity index (χ2v) is 5.03. The topological polar surface area (TPSA) is 163 Å². The lowest BCUT2D eigenvalue weighted by Crippen LogP contribution is -2.34. The summed E-state index contributed by atoms with van der Waals surface area (Å²) in [5.41, 5.74) is -0.308. The van der Waals surface area contributed by atoms with Crippen LogP contribution in [0.1, 0.15) is 6.23 Å². The van der Waals surface area contributed by atoms with Crippen LogP contribution in [-0.2, 0) is 4.74 Å². The Morgan fingerprint density at radius 3 is 2.82 bits per heavy atom. The van der Waals surface area contributed by atoms with E-state index in [4.69, 9.17) is 10.6 Å². The molecule has 1 aliphatic heterocycles. The maximum absolute atomic E-state index is 11.8. The average Bonchev–Trinajstić information content (AvgIpc) is 3.00. The number of ether oxygens (including phenoxy) is 1. The third kappa shape index (κ3) is 2.07. The number of imidazole rings is 1. The number of hydrazine groups is 1. The number of anilines is 1. The van der Waals surface area contributed by atoms with Crippen molar-refractivity contribution in [1.82, 2.24) is 19.5 Å². The molecule has 3 rings (SSSR count). The quantitative estimate of drug-likeness (QED) is 0.294. The highest BCUT2D eigenvalue weighted by Gasteiger charge is 2.45. The summed E-state index contributed by atoms with van der Waals surface area (Å²) in [6.45, 7) is -0.469. The summed E-state index contributed by atoms with van der Waals surface area (Å²) in [6, 6.07) is 0. The zero-order valence-electron chi connectivity index (χ0n) is 11.6. The number of aliphatic hydroxyl groups is 3. The van der Waals surface area contributed by atoms with E-state index >= 15 is 0 Å². The normalized spacial score (nSPS) is 28.4. The van der Waals surface area contributed by atoms with Gasteiger partial charge in [0.2, 0.25) is 5.95 Å². The smallest absolute Gasteiger partial charge is 0.278 e. The van der Waals surface area contributed by atoms with E-state index in [0.717, 1.165) is 5.01 Å². The number of aromatic nitrogens is 4. The predicted octanol–water partition coefficient (Wildman–Crippen LogP) is -2.96. The lowest BCUT2D eigenvalue weighted by atomic mass is 10.1. The minimum Gasteiger partial charge on any atom is -0.394 e. The van der Waals surface area contributed by atoms with Crippen LogP contribution in [0.4, 0.5) is 5.95 Å². The Labute approximate surface area is 123 Å². The zero-order chi connectivity index (χ0) is 16.0. The van der Waals surface area contributed by atoms with Crippen LogP contribution in [0.15, 0.2) is 11.1 Å². The summed E-state index contributed by atoms with van der Waals surface area (Å²) < 4.78 is 6.77. The van der Waals surface area contributed by atoms with E-state index in [0.29, 0.717) is 0 Å². The van der Waals surface area contributed by atoms with Gasteiger partial charge in [-0.25, -0.2) is 15.8 Å². The highest BCUT2D eigenvalue weighted by Crippen LogP contribution is 2.33. The lowest BCUT2D eigenvalue weighted by molar-refractivity contribution is -0.0504. The van der Waals surface area contributed by atoms with Gasteiger partial charge in [0.1, 0.15) is 18.3 Å². The summed E-state index contributed by atoms with van der Waals surface area (Å²) in [7, 11) is 1.49. The molecule has 2 aromatic rings. The fraction of sp³-hybridized carbons (Fsp3) is 0.545. The summed E-state index contributed by atoms with van der Waals surface area (Å²) in [6.07, 6.45) is -3.49. The first-order valence-electron chi connectivity index (χ1n) is 6.52. The molecule has 1 fully saturated rings. The predicted molar refractivity (Wildman–Crippen MR) is 73.7 cm³/mol. The summed E-state index contributed by atoms with van der Waals surface area (Å²) in [4.78, 5) is 22.3. The Morgan fingerprint density at radius 1 is 1.50 bits per heavy atom. The molecule has 22 heavy (non-hydrogen) atoms. The second kappa shape index (κ2) is 5.30. The van der Waals surface area contributed by atoms with Crippen molar-refractivity contribution in [2.24, 2.45) is 5.84 Å². The number of nitrogens with zero attached hydrogens (tertiary/aromatic N) is 4. The number of H-pyrrole nitrogens is 1. The van der Waals surface area contributed by atoms with E-state index < -0.39 is 36.7 Å². The van der Waals surface area contributed by atoms with Gasteiger partial charge in [0.15, 0.2) is 17.4 Å². The van der Waals surface area contributed by atoms with Gasteiger partial charge in [0, 0.05) is 7.05 Å². The second-order valence-electron chi connectivity index (χ2n) is 5.03. The van der Waals surface area contributed by atoms with E-state index in [2.05, 4.69) is 15.0 Å². The number of aliphatic hydroxyl groups excluding tert-OH is 3. The molecule has 0 aliphatic carbocycles. The molecule has 0 amide bonds. The van der Waals surface area contributed by atoms with Gasteiger partial charge in [-0.1, -0.05) is 0 Å². The van der Waals surface area contributed by atoms with Gasteiger partial charge >= 0.3 is 0 Å². The molecule has 3 heterocycles. The van der Waals surface area contributed by atoms with Gasteiger partial charge in [0.25, 0.3) is 5.56 Å². The minimum atomic E-state index is -1.34. The molecule has 6 N–H and O–H groups in total. The molecule has 0 aromatic carbocycles. The van der Waals surface area contributed by atoms with Crippen LogP contribution >= 0.6 is 0 Å². The van der Waals surface area contributed by atoms with E-state index in [1.165, 1.54) is 17.9 Å². The Hall–Kier alpha value is -2.05. The standard InChI is InChI=1S/C11H16N6O5/c1-16(12)11-15-5-8(13-3-14-9(5)21)17(11)10-7(20)6(19)4(2-18)22-10/h3-4,6-7,10,18-20H,2,12H2,1H3,(H,13,14,21)/t4-,6-,7+,10-/m1/s1. The Kier molecular flexibility index (Phi) is 3.58. The molecule has 1 aliphatic rings. The van der Waals surface area contributed by atoms with Gasteiger partial charge < -0.3 is 25.0 Å². The molecule has 0 spiro atoms. The van der Waals surface area contributed by atoms with Crippen LogP contribution < -0.4 is 16.4 Å². The summed E-state index contributed by atoms with van der Waals surface area (Å²) in [5.74, 6) is 5.82. The van der Waals surface area contributed by atoms with Crippen LogP contribution in [-0.4, -0.2) is 66.8 Å². The lowest BCUT2D eigenvalue weighted by Gasteiger charge is -2.21. The summed E-state index contributed by atoms with van der Waals surface area (Å²) in [5, 5.41) is 30.4. The average molecular weight is 312 g/mol. The molecule has 11 heteroatoms. The third-order valence-electron chi connectivity index (χ3n) is 3.55. The molecular weight excluding hydrogens is 296 g/mol. The van der Waals surface area contributed by atoms with Crippen LogP contribution in [0, 0.1) is 0 Å². The van der Waals surface area contributed by atoms with Crippen molar-refractivity contribution in [2.75, 3.05) is 18.7 Å². The van der Waals surface area contributed by atoms with Crippen LogP contribution in [0.5, 0.6) is 0 Å². The fourth-order valence-corrected chi connectivity index (χ4v) is 2.49. The maximum Gasteiger partial charge on any atom is 0.278 e. The molecule has 2 aromatic heterocycles. The molecule has 120 valence electrons. The van der Waals surface area contributed by atoms with Crippen molar-refractivity contribution in [3.8, 4) is 0 Å². The van der Waals surface area contributed by atoms with Gasteiger partial charge in [-0.2, -0.15) is 0 Å². The monoisotopic (exact) mass is 312 g/mol. The van der Waals surface area contributed by atoms with E-state index in [1.807, 2.05) is 0 Å². The highest BCUT2D eigenvalue weighted by atomic mass is 16.6. The molecule has 0 saturated carbocycles. The zero-order valence-corrected chi connectivity index (χ0v) is 11.6. The highest BCUT2D eigenvalue weighted by molar-refractivity contribution is 5.73. The molecule has 11 nitrogen and oxygen atoms in total. The molecule has 0 radical (unpaired) electrons. The SMILES string of the molecule is CN(N)c1nc2c(=O)[nH]cnc2n1[C@@H]1O[C@H](CO)[C@@H](O)[C@@H]1O. The number of aromatic amines is 1. The molecule has 0 unspecified atom stereocenters. The number of nitrogens with two attached hydrogens (primary N) is 1. The fourth-order valence-electron chi connectivity index (χ4n) is 2.49. The van der Waals surface area contributed by atoms with Crippen molar-refractivity contribution < 1.29 is 20.1 Å². The van der Waals surface area contributed by atoms with E-state index in [-0.39, 0.29) is 17.1 Å². The number of hydrogen-bond acceptors (Lipinski definition) is 9. The van der Waals surface area contributed by atoms with Crippen molar-refractivity contribution in [1.29, 1.82) is 0 Å². The van der Waals surface area contributed by atoms with Crippen molar-refractivity contribution in [3.05, 3.63) is 16.7 Å². The van der Waals surface area contributed by atoms with Crippen molar-refractivity contribution in [3.63, 3.8) is 0 Å². The summed E-state index contributed by atoms with van der Waals surface area (Å²) >= 11 is 0. The maximum atomic E-state index is 11.8. The molecule has 1 saturated heterocycles. The minimum absolute atomic E-state index is 0.0209. The number of fused-ring (bicyclic) bond motifs is 1. The van der Waals surface area contributed by atoms with E-state index in [1.54, 1.807) is 0 Å². The van der Waals surface area contributed by atoms with Gasteiger partial charge in [0.05, 0.1) is 12.9 Å². The number of rotatable bonds is 3. The molecule has 0 bridgehead atoms. The van der Waals surface area contributed by atoms with Gasteiger partial charge in [-0.05, 0) is 0 Å².